The van der Waals surface area contributed by atoms with Crippen molar-refractivity contribution in [1.29, 1.82) is 0 Å². The van der Waals surface area contributed by atoms with Crippen LogP contribution in [-0.2, 0) is 0 Å². The van der Waals surface area contributed by atoms with Crippen LogP contribution in [0, 0.1) is 5.92 Å². The number of hydrogen-bond acceptors (Lipinski definition) is 4. The Hall–Kier alpha value is -1.75. The molecular formula is C15H21NO4. The van der Waals surface area contributed by atoms with Crippen LogP contribution >= 0.6 is 0 Å². The third-order valence-corrected chi connectivity index (χ3v) is 3.97. The third kappa shape index (κ3) is 2.58. The smallest absolute Gasteiger partial charge is 0.257 e. The molecule has 1 N–H and O–H groups in total. The number of nitrogens with zero attached hydrogens (tertiary/aromatic N) is 1. The van der Waals surface area contributed by atoms with Crippen LogP contribution in [0.15, 0.2) is 18.2 Å². The predicted molar refractivity (Wildman–Crippen MR) is 75.2 cm³/mol. The topological polar surface area (TPSA) is 59.0 Å². The van der Waals surface area contributed by atoms with Crippen LogP contribution in [0.5, 0.6) is 11.5 Å². The van der Waals surface area contributed by atoms with Gasteiger partial charge in [-0.15, -0.1) is 0 Å². The quantitative estimate of drug-likeness (QED) is 0.908. The van der Waals surface area contributed by atoms with Crippen molar-refractivity contribution >= 4 is 5.91 Å². The van der Waals surface area contributed by atoms with E-state index in [0.29, 0.717) is 29.5 Å². The number of hydrogen-bond donors (Lipinski definition) is 1. The van der Waals surface area contributed by atoms with E-state index in [-0.39, 0.29) is 18.6 Å². The molecule has 1 aromatic carbocycles. The zero-order valence-corrected chi connectivity index (χ0v) is 12.1. The molecule has 110 valence electrons. The van der Waals surface area contributed by atoms with E-state index in [9.17, 15) is 9.90 Å². The van der Waals surface area contributed by atoms with E-state index in [1.54, 1.807) is 30.2 Å². The lowest BCUT2D eigenvalue weighted by molar-refractivity contribution is 0.0645. The van der Waals surface area contributed by atoms with E-state index >= 15 is 0 Å². The maximum Gasteiger partial charge on any atom is 0.257 e. The van der Waals surface area contributed by atoms with Crippen molar-refractivity contribution in [3.05, 3.63) is 23.8 Å². The average molecular weight is 279 g/mol. The molecule has 0 saturated carbocycles. The monoisotopic (exact) mass is 279 g/mol. The normalized spacial score (nSPS) is 21.9. The number of carbonyl (C=O) groups excluding carboxylic acids is 1. The van der Waals surface area contributed by atoms with Gasteiger partial charge in [-0.2, -0.15) is 0 Å². The van der Waals surface area contributed by atoms with Crippen molar-refractivity contribution in [2.24, 2.45) is 5.92 Å². The number of benzene rings is 1. The first kappa shape index (κ1) is 14.7. The van der Waals surface area contributed by atoms with Crippen LogP contribution in [0.4, 0.5) is 0 Å². The number of likely N-dealkylation sites (tertiary alicyclic amines) is 1. The second-order valence-electron chi connectivity index (χ2n) is 5.08. The summed E-state index contributed by atoms with van der Waals surface area (Å²) in [6.07, 6.45) is 0.912. The van der Waals surface area contributed by atoms with Crippen molar-refractivity contribution in [2.75, 3.05) is 27.4 Å². The summed E-state index contributed by atoms with van der Waals surface area (Å²) in [4.78, 5) is 14.4. The van der Waals surface area contributed by atoms with E-state index < -0.39 is 0 Å². The molecule has 5 heteroatoms. The van der Waals surface area contributed by atoms with E-state index in [2.05, 4.69) is 6.92 Å². The van der Waals surface area contributed by atoms with Crippen LogP contribution < -0.4 is 9.47 Å². The molecule has 2 atom stereocenters. The van der Waals surface area contributed by atoms with Crippen LogP contribution in [-0.4, -0.2) is 49.3 Å². The van der Waals surface area contributed by atoms with Gasteiger partial charge < -0.3 is 19.5 Å². The summed E-state index contributed by atoms with van der Waals surface area (Å²) in [6, 6.07) is 5.02. The first-order valence-electron chi connectivity index (χ1n) is 6.76. The van der Waals surface area contributed by atoms with Gasteiger partial charge in [0.1, 0.15) is 11.5 Å². The minimum absolute atomic E-state index is 0.00855. The molecule has 20 heavy (non-hydrogen) atoms. The SMILES string of the molecule is COc1ccc(C(=O)N2CCC(C)C2CO)c(OC)c1. The first-order chi connectivity index (χ1) is 9.62. The van der Waals surface area contributed by atoms with Gasteiger partial charge in [-0.3, -0.25) is 4.79 Å². The maximum atomic E-state index is 12.6. The maximum absolute atomic E-state index is 12.6. The van der Waals surface area contributed by atoms with Crippen LogP contribution in [0.2, 0.25) is 0 Å². The van der Waals surface area contributed by atoms with Crippen molar-refractivity contribution in [3.8, 4) is 11.5 Å². The van der Waals surface area contributed by atoms with E-state index in [1.165, 1.54) is 7.11 Å². The Balaban J connectivity index is 2.29. The third-order valence-electron chi connectivity index (χ3n) is 3.97. The second kappa shape index (κ2) is 6.13. The van der Waals surface area contributed by atoms with Crippen LogP contribution in [0.1, 0.15) is 23.7 Å². The van der Waals surface area contributed by atoms with Gasteiger partial charge in [0.25, 0.3) is 5.91 Å². The number of aliphatic hydroxyl groups is 1. The molecule has 1 aliphatic rings. The molecule has 1 aliphatic heterocycles. The van der Waals surface area contributed by atoms with Gasteiger partial charge in [-0.1, -0.05) is 6.92 Å². The lowest BCUT2D eigenvalue weighted by Gasteiger charge is -2.26. The van der Waals surface area contributed by atoms with Crippen LogP contribution in [0.25, 0.3) is 0 Å². The zero-order valence-electron chi connectivity index (χ0n) is 12.1. The Labute approximate surface area is 119 Å². The van der Waals surface area contributed by atoms with Gasteiger partial charge in [-0.05, 0) is 24.5 Å². The van der Waals surface area contributed by atoms with Gasteiger partial charge in [0.05, 0.1) is 32.4 Å². The molecule has 1 heterocycles. The Morgan fingerprint density at radius 2 is 2.15 bits per heavy atom. The fourth-order valence-electron chi connectivity index (χ4n) is 2.67. The van der Waals surface area contributed by atoms with Crippen molar-refractivity contribution in [3.63, 3.8) is 0 Å². The van der Waals surface area contributed by atoms with Gasteiger partial charge >= 0.3 is 0 Å². The van der Waals surface area contributed by atoms with E-state index in [4.69, 9.17) is 9.47 Å². The molecule has 0 spiro atoms. The molecule has 0 aromatic heterocycles. The summed E-state index contributed by atoms with van der Waals surface area (Å²) >= 11 is 0. The number of carbonyl (C=O) groups is 1. The molecular weight excluding hydrogens is 258 g/mol. The van der Waals surface area contributed by atoms with Crippen LogP contribution in [0.3, 0.4) is 0 Å². The predicted octanol–water partition coefficient (Wildman–Crippen LogP) is 1.55. The molecule has 0 radical (unpaired) electrons. The number of ether oxygens (including phenoxy) is 2. The number of aliphatic hydroxyl groups excluding tert-OH is 1. The van der Waals surface area contributed by atoms with Gasteiger partial charge in [0.15, 0.2) is 0 Å². The molecule has 0 bridgehead atoms. The van der Waals surface area contributed by atoms with Crippen molar-refractivity contribution < 1.29 is 19.4 Å². The summed E-state index contributed by atoms with van der Waals surface area (Å²) in [5.74, 6) is 1.35. The van der Waals surface area contributed by atoms with E-state index in [1.807, 2.05) is 0 Å². The summed E-state index contributed by atoms with van der Waals surface area (Å²) in [7, 11) is 3.10. The van der Waals surface area contributed by atoms with Crippen molar-refractivity contribution in [1.82, 2.24) is 4.90 Å². The minimum atomic E-state index is -0.116. The Morgan fingerprint density at radius 1 is 1.40 bits per heavy atom. The minimum Gasteiger partial charge on any atom is -0.497 e. The highest BCUT2D eigenvalue weighted by Crippen LogP contribution is 2.30. The lowest BCUT2D eigenvalue weighted by Crippen LogP contribution is -2.39. The van der Waals surface area contributed by atoms with Gasteiger partial charge in [0, 0.05) is 12.6 Å². The first-order valence-corrected chi connectivity index (χ1v) is 6.76. The Bertz CT molecular complexity index is 489. The molecule has 1 fully saturated rings. The van der Waals surface area contributed by atoms with E-state index in [0.717, 1.165) is 6.42 Å². The molecule has 2 rings (SSSR count). The molecule has 0 aliphatic carbocycles. The standard InChI is InChI=1S/C15H21NO4/c1-10-6-7-16(13(10)9-17)15(18)12-5-4-11(19-2)8-14(12)20-3/h4-5,8,10,13,17H,6-7,9H2,1-3H3. The summed E-state index contributed by atoms with van der Waals surface area (Å²) in [5.41, 5.74) is 0.501. The highest BCUT2D eigenvalue weighted by atomic mass is 16.5. The molecule has 5 nitrogen and oxygen atoms in total. The summed E-state index contributed by atoms with van der Waals surface area (Å²) in [5, 5.41) is 9.47. The number of rotatable bonds is 4. The fourth-order valence-corrected chi connectivity index (χ4v) is 2.67. The van der Waals surface area contributed by atoms with Gasteiger partial charge in [0.2, 0.25) is 0 Å². The second-order valence-corrected chi connectivity index (χ2v) is 5.08. The average Bonchev–Trinajstić information content (AvgIpc) is 2.86. The summed E-state index contributed by atoms with van der Waals surface area (Å²) in [6.45, 7) is 2.71. The Kier molecular flexibility index (Phi) is 4.49. The number of amides is 1. The largest absolute Gasteiger partial charge is 0.497 e. The zero-order chi connectivity index (χ0) is 14.7. The Morgan fingerprint density at radius 3 is 2.75 bits per heavy atom. The molecule has 1 amide bonds. The lowest BCUT2D eigenvalue weighted by atomic mass is 10.0. The molecule has 2 unspecified atom stereocenters. The van der Waals surface area contributed by atoms with Crippen molar-refractivity contribution in [2.45, 2.75) is 19.4 Å². The highest BCUT2D eigenvalue weighted by Gasteiger charge is 2.35. The van der Waals surface area contributed by atoms with Gasteiger partial charge in [-0.25, -0.2) is 0 Å². The summed E-state index contributed by atoms with van der Waals surface area (Å²) < 4.78 is 10.4. The molecule has 1 saturated heterocycles. The molecule has 1 aromatic rings. The fraction of sp³-hybridized carbons (Fsp3) is 0.533. The highest BCUT2D eigenvalue weighted by molar-refractivity contribution is 5.97. The number of methoxy groups -OCH3 is 2.